The van der Waals surface area contributed by atoms with Crippen LogP contribution < -0.4 is 0 Å². The van der Waals surface area contributed by atoms with Gasteiger partial charge in [-0.1, -0.05) is 156 Å². The Morgan fingerprint density at radius 1 is 0.352 bits per heavy atom. The topological polar surface area (TPSA) is 0 Å². The first-order valence-corrected chi connectivity index (χ1v) is 20.5. The van der Waals surface area contributed by atoms with Gasteiger partial charge in [0.25, 0.3) is 0 Å². The largest absolute Gasteiger partial charge is 0.135 e. The summed E-state index contributed by atoms with van der Waals surface area (Å²) in [5, 5.41) is 2.70. The third-order valence-corrected chi connectivity index (χ3v) is 14.7. The van der Waals surface area contributed by atoms with Crippen molar-refractivity contribution in [2.24, 2.45) is 0 Å². The Morgan fingerprint density at radius 3 is 0.963 bits per heavy atom. The Balaban J connectivity index is 1.35. The molecule has 2 aliphatic rings. The normalized spacial score (nSPS) is 14.6. The molecular formula is C52H38S2. The molecule has 0 radical (unpaired) electrons. The van der Waals surface area contributed by atoms with E-state index in [9.17, 15) is 0 Å². The highest BCUT2D eigenvalue weighted by Gasteiger charge is 2.53. The molecule has 0 amide bonds. The van der Waals surface area contributed by atoms with Gasteiger partial charge in [0.15, 0.2) is 0 Å². The lowest BCUT2D eigenvalue weighted by Crippen LogP contribution is -2.30. The fraction of sp³-hybridized carbons (Fsp3) is 0.115. The van der Waals surface area contributed by atoms with Gasteiger partial charge in [0.05, 0.1) is 10.8 Å². The molecule has 54 heavy (non-hydrogen) atoms. The highest BCUT2D eigenvalue weighted by molar-refractivity contribution is 7.23. The highest BCUT2D eigenvalue weighted by Crippen LogP contribution is 2.66. The van der Waals surface area contributed by atoms with Gasteiger partial charge in [0.1, 0.15) is 0 Å². The third-order valence-electron chi connectivity index (χ3n) is 12.3. The number of aryl methyl sites for hydroxylation is 4. The van der Waals surface area contributed by atoms with Crippen LogP contribution in [0.5, 0.6) is 0 Å². The first kappa shape index (κ1) is 31.9. The molecule has 0 saturated carbocycles. The van der Waals surface area contributed by atoms with Crippen molar-refractivity contribution in [3.05, 3.63) is 224 Å². The monoisotopic (exact) mass is 726 g/mol. The van der Waals surface area contributed by atoms with Gasteiger partial charge < -0.3 is 0 Å². The van der Waals surface area contributed by atoms with Crippen LogP contribution in [0, 0.1) is 27.7 Å². The van der Waals surface area contributed by atoms with E-state index in [1.807, 2.05) is 22.7 Å². The van der Waals surface area contributed by atoms with Crippen molar-refractivity contribution in [2.75, 3.05) is 0 Å². The van der Waals surface area contributed by atoms with Crippen molar-refractivity contribution in [3.8, 4) is 20.9 Å². The van der Waals surface area contributed by atoms with Gasteiger partial charge in [-0.3, -0.25) is 0 Å². The predicted molar refractivity (Wildman–Crippen MR) is 231 cm³/mol. The molecule has 0 bridgehead atoms. The summed E-state index contributed by atoms with van der Waals surface area (Å²) in [6.07, 6.45) is 0. The van der Waals surface area contributed by atoms with Gasteiger partial charge in [-0.15, -0.1) is 22.7 Å². The Bertz CT molecular complexity index is 2640. The molecule has 2 aliphatic carbocycles. The molecule has 0 fully saturated rings. The minimum absolute atomic E-state index is 0.490. The summed E-state index contributed by atoms with van der Waals surface area (Å²) in [4.78, 5) is 2.77. The van der Waals surface area contributed by atoms with Crippen LogP contribution in [0.4, 0.5) is 0 Å². The lowest BCUT2D eigenvalue weighted by Gasteiger charge is -2.36. The summed E-state index contributed by atoms with van der Waals surface area (Å²) in [7, 11) is 0. The molecule has 2 aromatic heterocycles. The zero-order valence-electron chi connectivity index (χ0n) is 30.8. The van der Waals surface area contributed by atoms with Gasteiger partial charge in [-0.25, -0.2) is 0 Å². The van der Waals surface area contributed by atoms with Crippen LogP contribution in [0.1, 0.15) is 66.8 Å². The maximum atomic E-state index is 2.63. The van der Waals surface area contributed by atoms with Gasteiger partial charge in [0, 0.05) is 19.2 Å². The maximum absolute atomic E-state index is 2.63. The molecule has 0 aliphatic heterocycles. The van der Waals surface area contributed by atoms with E-state index in [4.69, 9.17) is 0 Å². The molecule has 0 spiro atoms. The summed E-state index contributed by atoms with van der Waals surface area (Å²) in [6, 6.07) is 60.9. The minimum atomic E-state index is -0.490. The molecule has 0 N–H and O–H groups in total. The van der Waals surface area contributed by atoms with Crippen LogP contribution >= 0.6 is 22.7 Å². The average molecular weight is 727 g/mol. The Hall–Kier alpha value is -5.54. The van der Waals surface area contributed by atoms with Crippen molar-refractivity contribution in [3.63, 3.8) is 0 Å². The molecule has 2 heterocycles. The molecule has 0 nitrogen and oxygen atoms in total. The quantitative estimate of drug-likeness (QED) is 0.169. The Morgan fingerprint density at radius 2 is 0.648 bits per heavy atom. The predicted octanol–water partition coefficient (Wildman–Crippen LogP) is 14.1. The number of hydrogen-bond acceptors (Lipinski definition) is 2. The van der Waals surface area contributed by atoms with Crippen LogP contribution in [0.2, 0.25) is 0 Å². The highest BCUT2D eigenvalue weighted by atomic mass is 32.1. The van der Waals surface area contributed by atoms with Crippen LogP contribution in [0.25, 0.3) is 41.1 Å². The molecule has 9 aromatic rings. The average Bonchev–Trinajstić information content (AvgIpc) is 3.91. The van der Waals surface area contributed by atoms with Crippen molar-refractivity contribution >= 4 is 42.8 Å². The van der Waals surface area contributed by atoms with Crippen molar-refractivity contribution < 1.29 is 0 Å². The van der Waals surface area contributed by atoms with Crippen LogP contribution in [0.3, 0.4) is 0 Å². The molecule has 7 aromatic carbocycles. The summed E-state index contributed by atoms with van der Waals surface area (Å²) in [5.41, 5.74) is 17.7. The minimum Gasteiger partial charge on any atom is -0.135 e. The summed E-state index contributed by atoms with van der Waals surface area (Å²) >= 11 is 3.92. The van der Waals surface area contributed by atoms with Gasteiger partial charge in [0.2, 0.25) is 0 Å². The number of thiophene rings is 2. The Kier molecular flexibility index (Phi) is 6.79. The zero-order valence-corrected chi connectivity index (χ0v) is 32.5. The smallest absolute Gasteiger partial charge is 0.0728 e. The number of rotatable bonds is 4. The van der Waals surface area contributed by atoms with Crippen LogP contribution in [-0.2, 0) is 10.8 Å². The van der Waals surface area contributed by atoms with Crippen molar-refractivity contribution in [1.82, 2.24) is 0 Å². The number of hydrogen-bond donors (Lipinski definition) is 0. The van der Waals surface area contributed by atoms with Crippen LogP contribution in [-0.4, -0.2) is 0 Å². The first-order valence-electron chi connectivity index (χ1n) is 18.9. The van der Waals surface area contributed by atoms with Crippen LogP contribution in [0.15, 0.2) is 158 Å². The number of benzene rings is 7. The standard InChI is InChI=1S/C52H38S2/c1-31-13-21-35(22-14-31)51(36-23-15-32(2)16-24-36)43-29-42-44(30-41(43)49-47(51)39-9-5-7-11-45(39)53-49)52(37-25-17-33(3)18-26-37,38-27-19-34(4)20-28-38)48-40-10-6-8-12-46(40)54-50(42)48/h5-30H,1-4H3. The molecular weight excluding hydrogens is 689 g/mol. The maximum Gasteiger partial charge on any atom is 0.0728 e. The second-order valence-electron chi connectivity index (χ2n) is 15.5. The van der Waals surface area contributed by atoms with E-state index >= 15 is 0 Å². The van der Waals surface area contributed by atoms with E-state index in [2.05, 4.69) is 185 Å². The fourth-order valence-corrected chi connectivity index (χ4v) is 12.4. The van der Waals surface area contributed by atoms with Gasteiger partial charge >= 0.3 is 0 Å². The van der Waals surface area contributed by atoms with E-state index < -0.39 is 10.8 Å². The third kappa shape index (κ3) is 4.13. The zero-order chi connectivity index (χ0) is 36.3. The summed E-state index contributed by atoms with van der Waals surface area (Å²) < 4.78 is 2.68. The van der Waals surface area contributed by atoms with Crippen molar-refractivity contribution in [2.45, 2.75) is 38.5 Å². The Labute approximate surface area is 325 Å². The molecule has 11 rings (SSSR count). The fourth-order valence-electron chi connectivity index (χ4n) is 9.83. The van der Waals surface area contributed by atoms with E-state index in [1.165, 1.54) is 108 Å². The van der Waals surface area contributed by atoms with E-state index in [0.717, 1.165) is 0 Å². The van der Waals surface area contributed by atoms with Crippen molar-refractivity contribution in [1.29, 1.82) is 0 Å². The van der Waals surface area contributed by atoms with E-state index in [1.54, 1.807) is 0 Å². The SMILES string of the molecule is Cc1ccc(C2(c3ccc(C)cc3)c3cc4c(cc3-c3sc5ccccc5c32)C(c2ccc(C)cc2)(c2ccc(C)cc2)c2c-4sc3ccccc23)cc1. The first-order chi connectivity index (χ1) is 26.4. The lowest BCUT2D eigenvalue weighted by atomic mass is 9.65. The second kappa shape index (κ2) is 11.5. The van der Waals surface area contributed by atoms with E-state index in [-0.39, 0.29) is 0 Å². The lowest BCUT2D eigenvalue weighted by molar-refractivity contribution is 0.765. The second-order valence-corrected chi connectivity index (χ2v) is 17.6. The van der Waals surface area contributed by atoms with Gasteiger partial charge in [-0.2, -0.15) is 0 Å². The molecule has 0 atom stereocenters. The molecule has 0 saturated heterocycles. The summed E-state index contributed by atoms with van der Waals surface area (Å²) in [6.45, 7) is 8.79. The van der Waals surface area contributed by atoms with E-state index in [0.29, 0.717) is 0 Å². The summed E-state index contributed by atoms with van der Waals surface area (Å²) in [5.74, 6) is 0. The number of fused-ring (bicyclic) bond motifs is 10. The molecule has 2 heteroatoms. The molecule has 258 valence electrons. The van der Waals surface area contributed by atoms with Gasteiger partial charge in [-0.05, 0) is 118 Å². The molecule has 0 unspecified atom stereocenters.